The van der Waals surface area contributed by atoms with E-state index in [1.54, 1.807) is 28.8 Å². The van der Waals surface area contributed by atoms with Crippen molar-refractivity contribution >= 4 is 40.4 Å². The quantitative estimate of drug-likeness (QED) is 0.513. The second-order valence-electron chi connectivity index (χ2n) is 8.28. The van der Waals surface area contributed by atoms with Crippen LogP contribution in [0.1, 0.15) is 40.1 Å². The topological polar surface area (TPSA) is 105 Å². The number of nitrogens with one attached hydrogen (secondary N) is 2. The van der Waals surface area contributed by atoms with Crippen molar-refractivity contribution < 1.29 is 18.8 Å². The van der Waals surface area contributed by atoms with Gasteiger partial charge in [0.05, 0.1) is 17.3 Å². The summed E-state index contributed by atoms with van der Waals surface area (Å²) < 4.78 is 5.00. The van der Waals surface area contributed by atoms with Gasteiger partial charge in [0, 0.05) is 24.5 Å². The van der Waals surface area contributed by atoms with E-state index in [2.05, 4.69) is 15.6 Å². The Morgan fingerprint density at radius 3 is 2.68 bits per heavy atom. The van der Waals surface area contributed by atoms with Crippen LogP contribution in [-0.4, -0.2) is 64.8 Å². The molecule has 0 radical (unpaired) electrons. The number of furan rings is 1. The first-order valence-corrected chi connectivity index (χ1v) is 12.7. The second-order valence-corrected chi connectivity index (χ2v) is 9.27. The number of piperidine rings is 1. The van der Waals surface area contributed by atoms with Crippen LogP contribution in [0.4, 0.5) is 0 Å². The van der Waals surface area contributed by atoms with Crippen LogP contribution in [0.25, 0.3) is 10.9 Å². The molecule has 4 rings (SSSR count). The van der Waals surface area contributed by atoms with Crippen molar-refractivity contribution in [2.24, 2.45) is 0 Å². The number of benzene rings is 1. The van der Waals surface area contributed by atoms with Crippen LogP contribution in [0.5, 0.6) is 0 Å². The molecule has 1 aliphatic heterocycles. The largest absolute Gasteiger partial charge is 0.472 e. The van der Waals surface area contributed by atoms with Crippen molar-refractivity contribution in [1.29, 1.82) is 0 Å². The van der Waals surface area contributed by atoms with E-state index in [0.717, 1.165) is 16.7 Å². The average molecular weight is 481 g/mol. The van der Waals surface area contributed by atoms with E-state index < -0.39 is 6.04 Å². The highest BCUT2D eigenvalue weighted by Gasteiger charge is 2.28. The third kappa shape index (κ3) is 5.77. The van der Waals surface area contributed by atoms with Crippen LogP contribution in [0, 0.1) is 0 Å². The summed E-state index contributed by atoms with van der Waals surface area (Å²) in [5, 5.41) is 6.89. The minimum absolute atomic E-state index is 0.0478. The molecule has 1 fully saturated rings. The fraction of sp³-hybridized carbons (Fsp3) is 0.360. The third-order valence-corrected chi connectivity index (χ3v) is 6.60. The smallest absolute Gasteiger partial charge is 0.270 e. The molecule has 0 bridgehead atoms. The number of fused-ring (bicyclic) bond motifs is 1. The van der Waals surface area contributed by atoms with E-state index in [-0.39, 0.29) is 29.5 Å². The lowest BCUT2D eigenvalue weighted by Crippen LogP contribution is -2.53. The molecular weight excluding hydrogens is 452 g/mol. The Hall–Kier alpha value is -3.33. The third-order valence-electron chi connectivity index (χ3n) is 5.96. The van der Waals surface area contributed by atoms with Gasteiger partial charge in [0.15, 0.2) is 0 Å². The van der Waals surface area contributed by atoms with E-state index in [4.69, 9.17) is 4.42 Å². The number of para-hydroxylation sites is 1. The Kier molecular flexibility index (Phi) is 7.84. The van der Waals surface area contributed by atoms with Crippen LogP contribution >= 0.6 is 11.8 Å². The van der Waals surface area contributed by atoms with Gasteiger partial charge in [-0.1, -0.05) is 24.3 Å². The number of hydrogen-bond acceptors (Lipinski definition) is 6. The molecule has 1 aliphatic rings. The van der Waals surface area contributed by atoms with Gasteiger partial charge in [-0.2, -0.15) is 11.8 Å². The van der Waals surface area contributed by atoms with Gasteiger partial charge in [0.2, 0.25) is 5.91 Å². The molecule has 2 aromatic heterocycles. The molecule has 3 aromatic rings. The molecule has 34 heavy (non-hydrogen) atoms. The van der Waals surface area contributed by atoms with Gasteiger partial charge >= 0.3 is 0 Å². The molecule has 2 N–H and O–H groups in total. The van der Waals surface area contributed by atoms with E-state index in [0.29, 0.717) is 37.9 Å². The molecule has 178 valence electrons. The van der Waals surface area contributed by atoms with Crippen LogP contribution in [0.15, 0.2) is 59.4 Å². The number of nitrogens with zero attached hydrogens (tertiary/aromatic N) is 2. The molecule has 8 nitrogen and oxygen atoms in total. The standard InChI is InChI=1S/C25H28N4O4S/c1-34-15-11-22(28-24(31)21-7-6-17-4-2-3-5-20(17)27-21)23(30)26-19-8-12-29(13-9-19)25(32)18-10-14-33-16-18/h2-7,10,14,16,19,22H,8-9,11-13,15H2,1H3,(H,26,30)(H,28,31). The molecule has 3 amide bonds. The number of likely N-dealkylation sites (tertiary alicyclic amines) is 1. The lowest BCUT2D eigenvalue weighted by Gasteiger charge is -2.33. The van der Waals surface area contributed by atoms with Crippen LogP contribution < -0.4 is 10.6 Å². The Morgan fingerprint density at radius 1 is 1.15 bits per heavy atom. The van der Waals surface area contributed by atoms with Gasteiger partial charge in [-0.3, -0.25) is 14.4 Å². The SMILES string of the molecule is CSCCC(NC(=O)c1ccc2ccccc2n1)C(=O)NC1CCN(C(=O)c2ccoc2)CC1. The molecule has 1 aromatic carbocycles. The summed E-state index contributed by atoms with van der Waals surface area (Å²) >= 11 is 1.62. The maximum Gasteiger partial charge on any atom is 0.270 e. The van der Waals surface area contributed by atoms with Gasteiger partial charge in [-0.05, 0) is 49.5 Å². The predicted molar refractivity (Wildman–Crippen MR) is 132 cm³/mol. The Labute approximate surface area is 202 Å². The fourth-order valence-electron chi connectivity index (χ4n) is 4.03. The highest BCUT2D eigenvalue weighted by Crippen LogP contribution is 2.16. The van der Waals surface area contributed by atoms with E-state index in [9.17, 15) is 14.4 Å². The van der Waals surface area contributed by atoms with E-state index in [1.165, 1.54) is 12.5 Å². The summed E-state index contributed by atoms with van der Waals surface area (Å²) in [5.74, 6) is 0.100. The maximum atomic E-state index is 13.1. The number of pyridine rings is 1. The highest BCUT2D eigenvalue weighted by molar-refractivity contribution is 7.98. The van der Waals surface area contributed by atoms with Crippen molar-refractivity contribution in [3.05, 3.63) is 66.2 Å². The van der Waals surface area contributed by atoms with Gasteiger partial charge in [0.1, 0.15) is 18.0 Å². The number of aromatic nitrogens is 1. The molecular formula is C25H28N4O4S. The van der Waals surface area contributed by atoms with Crippen molar-refractivity contribution in [3.8, 4) is 0 Å². The minimum atomic E-state index is -0.654. The maximum absolute atomic E-state index is 13.1. The first-order valence-electron chi connectivity index (χ1n) is 11.3. The Balaban J connectivity index is 1.34. The lowest BCUT2D eigenvalue weighted by molar-refractivity contribution is -0.124. The van der Waals surface area contributed by atoms with Crippen LogP contribution in [0.3, 0.4) is 0 Å². The Bertz CT molecular complexity index is 1140. The summed E-state index contributed by atoms with van der Waals surface area (Å²) in [6.07, 6.45) is 6.73. The van der Waals surface area contributed by atoms with Crippen molar-refractivity contribution in [1.82, 2.24) is 20.5 Å². The first-order chi connectivity index (χ1) is 16.5. The lowest BCUT2D eigenvalue weighted by atomic mass is 10.0. The molecule has 1 atom stereocenters. The zero-order valence-electron chi connectivity index (χ0n) is 19.0. The summed E-state index contributed by atoms with van der Waals surface area (Å²) in [6, 6.07) is 12.1. The normalized spacial score (nSPS) is 15.1. The summed E-state index contributed by atoms with van der Waals surface area (Å²) in [4.78, 5) is 44.6. The number of carbonyl (C=O) groups excluding carboxylic acids is 3. The van der Waals surface area contributed by atoms with Gasteiger partial charge in [-0.25, -0.2) is 4.98 Å². The number of carbonyl (C=O) groups is 3. The molecule has 3 heterocycles. The summed E-state index contributed by atoms with van der Waals surface area (Å²) in [5.41, 5.74) is 1.55. The van der Waals surface area contributed by atoms with Crippen LogP contribution in [-0.2, 0) is 4.79 Å². The van der Waals surface area contributed by atoms with Gasteiger partial charge < -0.3 is 20.0 Å². The Morgan fingerprint density at radius 2 is 1.94 bits per heavy atom. The molecule has 1 saturated heterocycles. The number of hydrogen-bond donors (Lipinski definition) is 2. The molecule has 9 heteroatoms. The fourth-order valence-corrected chi connectivity index (χ4v) is 4.50. The van der Waals surface area contributed by atoms with Crippen LogP contribution in [0.2, 0.25) is 0 Å². The van der Waals surface area contributed by atoms with Gasteiger partial charge in [0.25, 0.3) is 11.8 Å². The number of thioether (sulfide) groups is 1. The van der Waals surface area contributed by atoms with Gasteiger partial charge in [-0.15, -0.1) is 0 Å². The molecule has 0 saturated carbocycles. The van der Waals surface area contributed by atoms with E-state index >= 15 is 0 Å². The van der Waals surface area contributed by atoms with Crippen molar-refractivity contribution in [2.45, 2.75) is 31.3 Å². The number of amides is 3. The average Bonchev–Trinajstić information content (AvgIpc) is 3.41. The summed E-state index contributed by atoms with van der Waals surface area (Å²) in [6.45, 7) is 1.11. The minimum Gasteiger partial charge on any atom is -0.472 e. The number of rotatable bonds is 8. The first kappa shape index (κ1) is 23.8. The summed E-state index contributed by atoms with van der Waals surface area (Å²) in [7, 11) is 0. The zero-order valence-corrected chi connectivity index (χ0v) is 19.8. The molecule has 1 unspecified atom stereocenters. The van der Waals surface area contributed by atoms with Crippen molar-refractivity contribution in [3.63, 3.8) is 0 Å². The zero-order chi connectivity index (χ0) is 23.9. The predicted octanol–water partition coefficient (Wildman–Crippen LogP) is 3.10. The highest BCUT2D eigenvalue weighted by atomic mass is 32.2. The monoisotopic (exact) mass is 480 g/mol. The molecule has 0 aliphatic carbocycles. The van der Waals surface area contributed by atoms with Crippen molar-refractivity contribution in [2.75, 3.05) is 25.1 Å². The molecule has 0 spiro atoms. The van der Waals surface area contributed by atoms with E-state index in [1.807, 2.05) is 36.6 Å². The second kappa shape index (κ2) is 11.2.